The molecule has 2 aromatic rings. The van der Waals surface area contributed by atoms with Crippen LogP contribution in [0.25, 0.3) is 0 Å². The van der Waals surface area contributed by atoms with Crippen LogP contribution in [-0.2, 0) is 9.59 Å². The molecule has 0 heterocycles. The Bertz CT molecular complexity index is 972. The first kappa shape index (κ1) is 23.8. The van der Waals surface area contributed by atoms with Crippen LogP contribution in [0.2, 0.25) is 10.0 Å². The van der Waals surface area contributed by atoms with Gasteiger partial charge < -0.3 is 10.6 Å². The maximum Gasteiger partial charge on any atom is 0.232 e. The molecule has 0 aliphatic heterocycles. The van der Waals surface area contributed by atoms with E-state index in [9.17, 15) is 9.59 Å². The Labute approximate surface area is 189 Å². The van der Waals surface area contributed by atoms with Gasteiger partial charge in [0.15, 0.2) is 0 Å². The summed E-state index contributed by atoms with van der Waals surface area (Å²) in [4.78, 5) is 26.7. The third-order valence-electron chi connectivity index (χ3n) is 3.62. The summed E-state index contributed by atoms with van der Waals surface area (Å²) in [5, 5.41) is 14.5. The molecule has 162 valence electrons. The minimum absolute atomic E-state index is 0.225. The fraction of sp³-hybridized carbons (Fsp3) is 0.150. The third kappa shape index (κ3) is 8.07. The zero-order valence-corrected chi connectivity index (χ0v) is 18.5. The molecule has 2 rings (SSSR count). The monoisotopic (exact) mass is 461 g/mol. The molecular weight excluding hydrogens is 441 g/mol. The minimum Gasteiger partial charge on any atom is -0.326 e. The average Bonchev–Trinajstić information content (AvgIpc) is 2.69. The first-order chi connectivity index (χ1) is 14.8. The number of aliphatic imine (C=N–C) groups is 1. The highest BCUT2D eigenvalue weighted by Crippen LogP contribution is 2.20. The van der Waals surface area contributed by atoms with Crippen LogP contribution in [0.15, 0.2) is 51.6 Å². The number of carbonyl (C=O) groups is 2. The van der Waals surface area contributed by atoms with Crippen molar-refractivity contribution in [1.29, 1.82) is 0 Å². The van der Waals surface area contributed by atoms with E-state index < -0.39 is 0 Å². The van der Waals surface area contributed by atoms with E-state index in [2.05, 4.69) is 36.7 Å². The van der Waals surface area contributed by atoms with Crippen LogP contribution in [0.1, 0.15) is 25.0 Å². The van der Waals surface area contributed by atoms with Crippen molar-refractivity contribution in [3.8, 4) is 0 Å². The van der Waals surface area contributed by atoms with E-state index in [-0.39, 0.29) is 17.8 Å². The molecule has 11 heteroatoms. The van der Waals surface area contributed by atoms with E-state index >= 15 is 0 Å². The highest BCUT2D eigenvalue weighted by Gasteiger charge is 2.05. The number of hydrazone groups is 2. The van der Waals surface area contributed by atoms with Crippen molar-refractivity contribution in [2.75, 3.05) is 17.7 Å². The number of anilines is 2. The van der Waals surface area contributed by atoms with Crippen molar-refractivity contribution < 1.29 is 9.59 Å². The molecule has 0 saturated carbocycles. The van der Waals surface area contributed by atoms with Crippen LogP contribution in [0.3, 0.4) is 0 Å². The summed E-state index contributed by atoms with van der Waals surface area (Å²) in [5.41, 5.74) is 7.77. The molecule has 2 aromatic carbocycles. The molecule has 0 fully saturated rings. The van der Waals surface area contributed by atoms with Gasteiger partial charge in [0, 0.05) is 42.1 Å². The van der Waals surface area contributed by atoms with E-state index in [0.29, 0.717) is 32.5 Å². The number of hydrogen-bond acceptors (Lipinski definition) is 5. The molecule has 0 radical (unpaired) electrons. The maximum absolute atomic E-state index is 11.4. The molecular formula is C20H21Cl2N7O2. The highest BCUT2D eigenvalue weighted by atomic mass is 35.5. The Morgan fingerprint density at radius 1 is 0.806 bits per heavy atom. The van der Waals surface area contributed by atoms with E-state index in [0.717, 1.165) is 0 Å². The molecule has 0 saturated heterocycles. The molecule has 9 nitrogen and oxygen atoms in total. The van der Waals surface area contributed by atoms with Crippen LogP contribution >= 0.6 is 23.2 Å². The number of hydrogen-bond donors (Lipinski definition) is 4. The van der Waals surface area contributed by atoms with E-state index in [1.807, 2.05) is 0 Å². The predicted molar refractivity (Wildman–Crippen MR) is 126 cm³/mol. The SMILES string of the molecule is CN=C(N/N=C/c1ccc(Cl)cc1NC(C)=O)N/N=C/c1ccc(Cl)cc1NC(C)=O. The number of amides is 2. The minimum atomic E-state index is -0.225. The summed E-state index contributed by atoms with van der Waals surface area (Å²) in [5.74, 6) is -0.187. The number of nitrogens with one attached hydrogen (secondary N) is 4. The van der Waals surface area contributed by atoms with Gasteiger partial charge in [-0.1, -0.05) is 23.2 Å². The number of nitrogens with zero attached hydrogens (tertiary/aromatic N) is 3. The van der Waals surface area contributed by atoms with Crippen LogP contribution in [0.4, 0.5) is 11.4 Å². The van der Waals surface area contributed by atoms with Gasteiger partial charge in [-0.05, 0) is 36.4 Å². The summed E-state index contributed by atoms with van der Waals surface area (Å²) >= 11 is 12.0. The van der Waals surface area contributed by atoms with Gasteiger partial charge in [-0.2, -0.15) is 10.2 Å². The lowest BCUT2D eigenvalue weighted by Crippen LogP contribution is -2.30. The Morgan fingerprint density at radius 2 is 1.23 bits per heavy atom. The van der Waals surface area contributed by atoms with Gasteiger partial charge >= 0.3 is 0 Å². The Kier molecular flexibility index (Phi) is 8.98. The van der Waals surface area contributed by atoms with Crippen molar-refractivity contribution in [2.24, 2.45) is 15.2 Å². The van der Waals surface area contributed by atoms with Crippen LogP contribution < -0.4 is 21.5 Å². The zero-order chi connectivity index (χ0) is 22.8. The molecule has 0 bridgehead atoms. The summed E-state index contributed by atoms with van der Waals surface area (Å²) in [6.07, 6.45) is 3.01. The molecule has 0 aliphatic carbocycles. The van der Waals surface area contributed by atoms with Crippen molar-refractivity contribution in [3.05, 3.63) is 57.6 Å². The standard InChI is InChI=1S/C20H21Cl2N7O2/c1-12(30)26-18-8-16(21)6-4-14(18)10-24-28-20(23-3)29-25-11-15-5-7-17(22)9-19(15)27-13(2)31/h4-11H,1-3H3,(H,26,30)(H,27,31)(H2,23,28,29)/b24-10+,25-11+. The lowest BCUT2D eigenvalue weighted by Gasteiger charge is -2.08. The molecule has 0 aromatic heterocycles. The van der Waals surface area contributed by atoms with Crippen LogP contribution in [0.5, 0.6) is 0 Å². The van der Waals surface area contributed by atoms with E-state index in [4.69, 9.17) is 23.2 Å². The smallest absolute Gasteiger partial charge is 0.232 e. The quantitative estimate of drug-likeness (QED) is 0.299. The van der Waals surface area contributed by atoms with Crippen molar-refractivity contribution >= 4 is 64.8 Å². The fourth-order valence-electron chi connectivity index (χ4n) is 2.33. The van der Waals surface area contributed by atoms with E-state index in [1.54, 1.807) is 43.4 Å². The van der Waals surface area contributed by atoms with Gasteiger partial charge in [0.05, 0.1) is 23.8 Å². The summed E-state index contributed by atoms with van der Waals surface area (Å²) in [7, 11) is 1.55. The molecule has 0 atom stereocenters. The molecule has 4 N–H and O–H groups in total. The Hall–Kier alpha value is -3.43. The second-order valence-electron chi connectivity index (χ2n) is 6.14. The van der Waals surface area contributed by atoms with Crippen LogP contribution in [0, 0.1) is 0 Å². The number of rotatable bonds is 6. The van der Waals surface area contributed by atoms with Gasteiger partial charge in [0.1, 0.15) is 0 Å². The fourth-order valence-corrected chi connectivity index (χ4v) is 2.67. The third-order valence-corrected chi connectivity index (χ3v) is 4.09. The van der Waals surface area contributed by atoms with Gasteiger partial charge in [0.25, 0.3) is 0 Å². The molecule has 2 amide bonds. The second kappa shape index (κ2) is 11.7. The number of benzene rings is 2. The largest absolute Gasteiger partial charge is 0.326 e. The number of guanidine groups is 1. The molecule has 0 aliphatic rings. The lowest BCUT2D eigenvalue weighted by molar-refractivity contribution is -0.115. The van der Waals surface area contributed by atoms with Gasteiger partial charge in [0.2, 0.25) is 17.8 Å². The molecule has 0 spiro atoms. The van der Waals surface area contributed by atoms with Gasteiger partial charge in [-0.25, -0.2) is 10.9 Å². The second-order valence-corrected chi connectivity index (χ2v) is 7.01. The number of halogens is 2. The normalized spacial score (nSPS) is 10.7. The zero-order valence-electron chi connectivity index (χ0n) is 17.0. The average molecular weight is 462 g/mol. The highest BCUT2D eigenvalue weighted by molar-refractivity contribution is 6.31. The Balaban J connectivity index is 2.05. The summed E-state index contributed by atoms with van der Waals surface area (Å²) < 4.78 is 0. The maximum atomic E-state index is 11.4. The first-order valence-corrected chi connectivity index (χ1v) is 9.73. The summed E-state index contributed by atoms with van der Waals surface area (Å²) in [6.45, 7) is 2.81. The molecule has 0 unspecified atom stereocenters. The van der Waals surface area contributed by atoms with E-state index in [1.165, 1.54) is 26.3 Å². The van der Waals surface area contributed by atoms with Crippen LogP contribution in [-0.4, -0.2) is 37.3 Å². The van der Waals surface area contributed by atoms with Crippen molar-refractivity contribution in [3.63, 3.8) is 0 Å². The lowest BCUT2D eigenvalue weighted by atomic mass is 10.2. The van der Waals surface area contributed by atoms with Crippen molar-refractivity contribution in [2.45, 2.75) is 13.8 Å². The van der Waals surface area contributed by atoms with Gasteiger partial charge in [-0.3, -0.25) is 14.6 Å². The topological polar surface area (TPSA) is 119 Å². The van der Waals surface area contributed by atoms with Crippen molar-refractivity contribution in [1.82, 2.24) is 10.9 Å². The number of carbonyl (C=O) groups excluding carboxylic acids is 2. The predicted octanol–water partition coefficient (Wildman–Crippen LogP) is 3.44. The first-order valence-electron chi connectivity index (χ1n) is 8.97. The molecule has 31 heavy (non-hydrogen) atoms. The summed E-state index contributed by atoms with van der Waals surface area (Å²) in [6, 6.07) is 10.1. The Morgan fingerprint density at radius 3 is 1.58 bits per heavy atom. The van der Waals surface area contributed by atoms with Gasteiger partial charge in [-0.15, -0.1) is 0 Å².